The van der Waals surface area contributed by atoms with Crippen LogP contribution in [0.4, 0.5) is 13.2 Å². The van der Waals surface area contributed by atoms with Crippen LogP contribution in [0.1, 0.15) is 11.3 Å². The Kier molecular flexibility index (Phi) is 4.55. The number of aromatic nitrogens is 3. The first-order valence-electron chi connectivity index (χ1n) is 9.87. The summed E-state index contributed by atoms with van der Waals surface area (Å²) in [4.78, 5) is 21.7. The van der Waals surface area contributed by atoms with Crippen LogP contribution in [0, 0.1) is 6.92 Å². The van der Waals surface area contributed by atoms with E-state index in [0.717, 1.165) is 29.0 Å². The van der Waals surface area contributed by atoms with Crippen molar-refractivity contribution in [3.63, 3.8) is 0 Å². The van der Waals surface area contributed by atoms with Gasteiger partial charge in [0.1, 0.15) is 0 Å². The van der Waals surface area contributed by atoms with Crippen LogP contribution < -0.4 is 5.56 Å². The van der Waals surface area contributed by atoms with Crippen LogP contribution in [-0.2, 0) is 6.18 Å². The van der Waals surface area contributed by atoms with Crippen molar-refractivity contribution in [3.05, 3.63) is 101 Å². The van der Waals surface area contributed by atoms with Crippen molar-refractivity contribution in [2.45, 2.75) is 13.1 Å². The molecule has 3 heterocycles. The van der Waals surface area contributed by atoms with Gasteiger partial charge in [0.05, 0.1) is 16.6 Å². The second-order valence-electron chi connectivity index (χ2n) is 7.49. The number of fused-ring (bicyclic) bond motifs is 3. The molecule has 5 aromatic rings. The first kappa shape index (κ1) is 19.9. The number of rotatable bonds is 2. The van der Waals surface area contributed by atoms with E-state index in [1.54, 1.807) is 18.5 Å². The van der Waals surface area contributed by atoms with E-state index in [9.17, 15) is 18.0 Å². The minimum Gasteiger partial charge on any atom is -0.276 e. The predicted octanol–water partition coefficient (Wildman–Crippen LogP) is 5.93. The van der Waals surface area contributed by atoms with Gasteiger partial charge in [-0.1, -0.05) is 18.2 Å². The minimum atomic E-state index is -4.52. The van der Waals surface area contributed by atoms with Crippen molar-refractivity contribution in [1.29, 1.82) is 0 Å². The Morgan fingerprint density at radius 1 is 0.906 bits per heavy atom. The van der Waals surface area contributed by atoms with Crippen molar-refractivity contribution >= 4 is 21.8 Å². The van der Waals surface area contributed by atoms with E-state index in [0.29, 0.717) is 21.8 Å². The summed E-state index contributed by atoms with van der Waals surface area (Å²) < 4.78 is 41.3. The molecule has 0 atom stereocenters. The van der Waals surface area contributed by atoms with E-state index in [-0.39, 0.29) is 5.69 Å². The van der Waals surface area contributed by atoms with Gasteiger partial charge in [0.2, 0.25) is 0 Å². The molecule has 4 nitrogen and oxygen atoms in total. The Balaban J connectivity index is 1.86. The van der Waals surface area contributed by atoms with Gasteiger partial charge in [-0.2, -0.15) is 13.2 Å². The van der Waals surface area contributed by atoms with Gasteiger partial charge in [0.25, 0.3) is 5.56 Å². The molecule has 2 aromatic carbocycles. The Hall–Kier alpha value is -4.00. The van der Waals surface area contributed by atoms with Crippen LogP contribution in [0.25, 0.3) is 38.6 Å². The first-order valence-corrected chi connectivity index (χ1v) is 9.87. The molecule has 0 bridgehead atoms. The highest BCUT2D eigenvalue weighted by Gasteiger charge is 2.30. The molecule has 0 saturated heterocycles. The maximum Gasteiger partial charge on any atom is 0.416 e. The van der Waals surface area contributed by atoms with Gasteiger partial charge in [0, 0.05) is 46.2 Å². The van der Waals surface area contributed by atoms with Gasteiger partial charge in [-0.3, -0.25) is 19.3 Å². The smallest absolute Gasteiger partial charge is 0.276 e. The van der Waals surface area contributed by atoms with Crippen LogP contribution in [-0.4, -0.2) is 14.5 Å². The standard InChI is InChI=1S/C25H16F3N3O/c1-15-20(6-3-11-29-15)16-7-9-22-21(12-16)24-17(14-30-22)8-10-23(32)31(24)19-5-2-4-18(13-19)25(26,27)28/h2-14H,1H3. The fraction of sp³-hybridized carbons (Fsp3) is 0.0800. The molecule has 0 aliphatic carbocycles. The molecule has 7 heteroatoms. The van der Waals surface area contributed by atoms with Crippen LogP contribution >= 0.6 is 0 Å². The quantitative estimate of drug-likeness (QED) is 0.326. The fourth-order valence-corrected chi connectivity index (χ4v) is 3.95. The zero-order valence-corrected chi connectivity index (χ0v) is 16.9. The summed E-state index contributed by atoms with van der Waals surface area (Å²) in [6.45, 7) is 1.90. The summed E-state index contributed by atoms with van der Waals surface area (Å²) in [6.07, 6.45) is -1.18. The lowest BCUT2D eigenvalue weighted by Gasteiger charge is -2.15. The summed E-state index contributed by atoms with van der Waals surface area (Å²) in [6, 6.07) is 17.2. The van der Waals surface area contributed by atoms with Crippen LogP contribution in [0.3, 0.4) is 0 Å². The van der Waals surface area contributed by atoms with E-state index >= 15 is 0 Å². The van der Waals surface area contributed by atoms with E-state index < -0.39 is 17.3 Å². The monoisotopic (exact) mass is 431 g/mol. The van der Waals surface area contributed by atoms with Gasteiger partial charge < -0.3 is 0 Å². The molecule has 158 valence electrons. The highest BCUT2D eigenvalue weighted by molar-refractivity contribution is 6.05. The molecule has 0 radical (unpaired) electrons. The highest BCUT2D eigenvalue weighted by atomic mass is 19.4. The van der Waals surface area contributed by atoms with Gasteiger partial charge in [-0.25, -0.2) is 0 Å². The van der Waals surface area contributed by atoms with Crippen molar-refractivity contribution in [1.82, 2.24) is 14.5 Å². The number of alkyl halides is 3. The molecule has 32 heavy (non-hydrogen) atoms. The Labute approximate surface area is 180 Å². The summed E-state index contributed by atoms with van der Waals surface area (Å²) in [7, 11) is 0. The van der Waals surface area contributed by atoms with E-state index in [4.69, 9.17) is 0 Å². The number of nitrogens with zero attached hydrogens (tertiary/aromatic N) is 3. The number of benzene rings is 2. The Bertz CT molecular complexity index is 1550. The molecule has 3 aromatic heterocycles. The summed E-state index contributed by atoms with van der Waals surface area (Å²) in [5.74, 6) is 0. The normalized spacial score (nSPS) is 11.9. The number of aryl methyl sites for hydroxylation is 1. The average molecular weight is 431 g/mol. The third-order valence-corrected chi connectivity index (χ3v) is 5.47. The molecule has 0 fully saturated rings. The van der Waals surface area contributed by atoms with Crippen molar-refractivity contribution in [2.75, 3.05) is 0 Å². The third kappa shape index (κ3) is 3.32. The average Bonchev–Trinajstić information content (AvgIpc) is 2.78. The van der Waals surface area contributed by atoms with Gasteiger partial charge >= 0.3 is 6.18 Å². The predicted molar refractivity (Wildman–Crippen MR) is 118 cm³/mol. The number of pyridine rings is 3. The second-order valence-corrected chi connectivity index (χ2v) is 7.49. The van der Waals surface area contributed by atoms with Gasteiger partial charge in [-0.15, -0.1) is 0 Å². The zero-order valence-electron chi connectivity index (χ0n) is 16.9. The zero-order chi connectivity index (χ0) is 22.5. The van der Waals surface area contributed by atoms with Crippen molar-refractivity contribution < 1.29 is 13.2 Å². The molecule has 5 rings (SSSR count). The van der Waals surface area contributed by atoms with E-state index in [1.807, 2.05) is 37.3 Å². The van der Waals surface area contributed by atoms with Gasteiger partial charge in [0.15, 0.2) is 0 Å². The lowest BCUT2D eigenvalue weighted by Crippen LogP contribution is -2.18. The third-order valence-electron chi connectivity index (χ3n) is 5.47. The van der Waals surface area contributed by atoms with E-state index in [1.165, 1.54) is 22.8 Å². The first-order chi connectivity index (χ1) is 15.3. The molecule has 0 saturated carbocycles. The van der Waals surface area contributed by atoms with Crippen molar-refractivity contribution in [2.24, 2.45) is 0 Å². The van der Waals surface area contributed by atoms with Crippen LogP contribution in [0.15, 0.2) is 83.9 Å². The summed E-state index contributed by atoms with van der Waals surface area (Å²) in [5, 5.41) is 1.31. The maximum absolute atomic E-state index is 13.3. The van der Waals surface area contributed by atoms with Crippen LogP contribution in [0.2, 0.25) is 0 Å². The molecule has 0 aliphatic heterocycles. The van der Waals surface area contributed by atoms with Crippen LogP contribution in [0.5, 0.6) is 0 Å². The summed E-state index contributed by atoms with van der Waals surface area (Å²) >= 11 is 0. The molecular formula is C25H16F3N3O. The number of halogens is 3. The Morgan fingerprint density at radius 2 is 1.75 bits per heavy atom. The highest BCUT2D eigenvalue weighted by Crippen LogP contribution is 2.33. The Morgan fingerprint density at radius 3 is 2.53 bits per heavy atom. The van der Waals surface area contributed by atoms with Crippen molar-refractivity contribution in [3.8, 4) is 16.8 Å². The molecule has 0 spiro atoms. The number of hydrogen-bond acceptors (Lipinski definition) is 3. The van der Waals surface area contributed by atoms with E-state index in [2.05, 4.69) is 9.97 Å². The summed E-state index contributed by atoms with van der Waals surface area (Å²) in [5.41, 5.74) is 2.69. The molecule has 0 unspecified atom stereocenters. The molecule has 0 amide bonds. The molecular weight excluding hydrogens is 415 g/mol. The topological polar surface area (TPSA) is 47.8 Å². The largest absolute Gasteiger partial charge is 0.416 e. The lowest BCUT2D eigenvalue weighted by molar-refractivity contribution is -0.137. The molecule has 0 N–H and O–H groups in total. The molecule has 0 aliphatic rings. The maximum atomic E-state index is 13.3. The SMILES string of the molecule is Cc1ncccc1-c1ccc2ncc3ccc(=O)n(-c4cccc(C(F)(F)F)c4)c3c2c1. The fourth-order valence-electron chi connectivity index (χ4n) is 3.95. The lowest BCUT2D eigenvalue weighted by atomic mass is 10.0. The van der Waals surface area contributed by atoms with Gasteiger partial charge in [-0.05, 0) is 55.0 Å². The second kappa shape index (κ2) is 7.30. The minimum absolute atomic E-state index is 0.144. The number of hydrogen-bond donors (Lipinski definition) is 0.